The lowest BCUT2D eigenvalue weighted by atomic mass is 10.1. The molecule has 0 bridgehead atoms. The Kier molecular flexibility index (Phi) is 7.72. The van der Waals surface area contributed by atoms with Crippen molar-refractivity contribution >= 4 is 17.3 Å². The number of ether oxygens (including phenoxy) is 2. The summed E-state index contributed by atoms with van der Waals surface area (Å²) in [7, 11) is 1.92. The van der Waals surface area contributed by atoms with Crippen LogP contribution in [0.3, 0.4) is 0 Å². The van der Waals surface area contributed by atoms with Crippen LogP contribution in [-0.4, -0.2) is 34.7 Å². The molecule has 0 aliphatic heterocycles. The fourth-order valence-corrected chi connectivity index (χ4v) is 2.81. The van der Waals surface area contributed by atoms with E-state index in [1.54, 1.807) is 0 Å². The average molecular weight is 377 g/mol. The number of thiocarbonyl (C=S) groups is 1. The molecule has 0 saturated heterocycles. The van der Waals surface area contributed by atoms with Crippen LogP contribution in [0.4, 0.5) is 0 Å². The normalized spacial score (nSPS) is 10.5. The molecule has 0 spiro atoms. The lowest BCUT2D eigenvalue weighted by molar-refractivity contribution is 0.287. The second kappa shape index (κ2) is 10.0. The van der Waals surface area contributed by atoms with Crippen molar-refractivity contribution in [2.75, 3.05) is 19.8 Å². The highest BCUT2D eigenvalue weighted by Crippen LogP contribution is 2.28. The van der Waals surface area contributed by atoms with E-state index in [2.05, 4.69) is 21.8 Å². The summed E-state index contributed by atoms with van der Waals surface area (Å²) in [4.78, 5) is 0. The van der Waals surface area contributed by atoms with E-state index in [-0.39, 0.29) is 0 Å². The minimum Gasteiger partial charge on any atom is -0.490 e. The van der Waals surface area contributed by atoms with Crippen LogP contribution >= 0.6 is 12.2 Å². The fourth-order valence-electron chi connectivity index (χ4n) is 2.63. The van der Waals surface area contributed by atoms with Crippen LogP contribution in [0, 0.1) is 6.92 Å². The van der Waals surface area contributed by atoms with Crippen LogP contribution in [0.5, 0.6) is 11.5 Å². The first-order valence-electron chi connectivity index (χ1n) is 8.92. The first kappa shape index (κ1) is 20.0. The van der Waals surface area contributed by atoms with E-state index in [0.717, 1.165) is 35.7 Å². The average Bonchev–Trinajstić information content (AvgIpc) is 2.93. The van der Waals surface area contributed by atoms with E-state index in [4.69, 9.17) is 21.7 Å². The molecule has 0 aliphatic carbocycles. The molecule has 0 unspecified atom stereocenters. The van der Waals surface area contributed by atoms with E-state index in [1.165, 1.54) is 5.56 Å². The van der Waals surface area contributed by atoms with Gasteiger partial charge in [0.1, 0.15) is 0 Å². The Morgan fingerprint density at radius 3 is 2.54 bits per heavy atom. The highest BCUT2D eigenvalue weighted by molar-refractivity contribution is 7.80. The first-order valence-corrected chi connectivity index (χ1v) is 9.33. The molecule has 0 atom stereocenters. The smallest absolute Gasteiger partial charge is 0.166 e. The molecule has 2 rings (SSSR count). The summed E-state index contributed by atoms with van der Waals surface area (Å²) in [6, 6.07) is 6.06. The maximum absolute atomic E-state index is 5.67. The molecule has 7 heteroatoms. The molecule has 1 aromatic heterocycles. The van der Waals surface area contributed by atoms with Crippen molar-refractivity contribution < 1.29 is 9.47 Å². The van der Waals surface area contributed by atoms with Crippen LogP contribution in [0.15, 0.2) is 24.4 Å². The molecule has 0 aliphatic rings. The number of aromatic nitrogens is 2. The van der Waals surface area contributed by atoms with Gasteiger partial charge in [0.25, 0.3) is 0 Å². The predicted octanol–water partition coefficient (Wildman–Crippen LogP) is 2.73. The molecule has 2 N–H and O–H groups in total. The molecule has 2 aromatic rings. The van der Waals surface area contributed by atoms with Gasteiger partial charge in [0, 0.05) is 31.9 Å². The van der Waals surface area contributed by atoms with Crippen molar-refractivity contribution in [1.82, 2.24) is 20.4 Å². The molecule has 0 saturated carbocycles. The molecule has 0 radical (unpaired) electrons. The van der Waals surface area contributed by atoms with E-state index >= 15 is 0 Å². The Balaban J connectivity index is 1.80. The zero-order valence-electron chi connectivity index (χ0n) is 16.0. The van der Waals surface area contributed by atoms with Crippen molar-refractivity contribution in [3.8, 4) is 11.5 Å². The van der Waals surface area contributed by atoms with E-state index < -0.39 is 0 Å². The second-order valence-corrected chi connectivity index (χ2v) is 6.33. The number of benzene rings is 1. The van der Waals surface area contributed by atoms with Crippen LogP contribution < -0.4 is 20.1 Å². The second-order valence-electron chi connectivity index (χ2n) is 5.92. The van der Waals surface area contributed by atoms with Crippen molar-refractivity contribution in [2.45, 2.75) is 33.7 Å². The van der Waals surface area contributed by atoms with Gasteiger partial charge < -0.3 is 20.1 Å². The van der Waals surface area contributed by atoms with E-state index in [9.17, 15) is 0 Å². The summed E-state index contributed by atoms with van der Waals surface area (Å²) in [5, 5.41) is 11.4. The van der Waals surface area contributed by atoms with Crippen molar-refractivity contribution in [1.29, 1.82) is 0 Å². The summed E-state index contributed by atoms with van der Waals surface area (Å²) in [6.45, 7) is 8.59. The number of nitrogens with one attached hydrogen (secondary N) is 2. The number of rotatable bonds is 9. The van der Waals surface area contributed by atoms with Crippen molar-refractivity contribution in [3.05, 3.63) is 41.2 Å². The highest BCUT2D eigenvalue weighted by atomic mass is 32.1. The largest absolute Gasteiger partial charge is 0.490 e. The molecule has 1 aromatic carbocycles. The molecule has 6 nitrogen and oxygen atoms in total. The first-order chi connectivity index (χ1) is 12.5. The van der Waals surface area contributed by atoms with Gasteiger partial charge in [-0.3, -0.25) is 4.68 Å². The minimum atomic E-state index is 0.615. The van der Waals surface area contributed by atoms with Gasteiger partial charge in [-0.15, -0.1) is 0 Å². The molecular weight excluding hydrogens is 348 g/mol. The Bertz CT molecular complexity index is 730. The Morgan fingerprint density at radius 2 is 1.88 bits per heavy atom. The van der Waals surface area contributed by atoms with E-state index in [0.29, 0.717) is 24.9 Å². The summed E-state index contributed by atoms with van der Waals surface area (Å²) in [5.74, 6) is 1.58. The summed E-state index contributed by atoms with van der Waals surface area (Å²) < 4.78 is 13.1. The number of hydrogen-bond donors (Lipinski definition) is 2. The Morgan fingerprint density at radius 1 is 1.15 bits per heavy atom. The molecule has 1 heterocycles. The lowest BCUT2D eigenvalue weighted by Crippen LogP contribution is -2.36. The molecule has 0 fully saturated rings. The third-order valence-corrected chi connectivity index (χ3v) is 4.15. The van der Waals surface area contributed by atoms with Gasteiger partial charge >= 0.3 is 0 Å². The van der Waals surface area contributed by atoms with E-state index in [1.807, 2.05) is 50.8 Å². The Hall–Kier alpha value is -2.28. The van der Waals surface area contributed by atoms with Crippen molar-refractivity contribution in [2.24, 2.45) is 7.05 Å². The molecule has 142 valence electrons. The van der Waals surface area contributed by atoms with Crippen molar-refractivity contribution in [3.63, 3.8) is 0 Å². The lowest BCUT2D eigenvalue weighted by Gasteiger charge is -2.13. The number of nitrogens with zero attached hydrogens (tertiary/aromatic N) is 2. The molecule has 26 heavy (non-hydrogen) atoms. The third kappa shape index (κ3) is 5.91. The van der Waals surface area contributed by atoms with Gasteiger partial charge in [0.2, 0.25) is 0 Å². The summed E-state index contributed by atoms with van der Waals surface area (Å²) >= 11 is 5.35. The standard InChI is InChI=1S/C19H28N4O2S/c1-5-24-17-8-7-15(11-18(17)25-6-2)9-10-20-19(26)21-12-16-13-23(4)22-14(16)3/h7-8,11,13H,5-6,9-10,12H2,1-4H3,(H2,20,21,26). The maximum atomic E-state index is 5.67. The molecular formula is C19H28N4O2S. The zero-order chi connectivity index (χ0) is 18.9. The highest BCUT2D eigenvalue weighted by Gasteiger charge is 2.07. The summed E-state index contributed by atoms with van der Waals surface area (Å²) in [5.41, 5.74) is 3.33. The number of aryl methyl sites for hydroxylation is 2. The van der Waals surface area contributed by atoms with Gasteiger partial charge in [-0.25, -0.2) is 0 Å². The predicted molar refractivity (Wildman–Crippen MR) is 108 cm³/mol. The molecule has 0 amide bonds. The zero-order valence-corrected chi connectivity index (χ0v) is 16.8. The van der Waals surface area contributed by atoms with Gasteiger partial charge in [0.05, 0.1) is 18.9 Å². The van der Waals surface area contributed by atoms with Crippen LogP contribution in [0.25, 0.3) is 0 Å². The van der Waals surface area contributed by atoms with Gasteiger partial charge in [0.15, 0.2) is 16.6 Å². The number of hydrogen-bond acceptors (Lipinski definition) is 4. The fraction of sp³-hybridized carbons (Fsp3) is 0.474. The van der Waals surface area contributed by atoms with Crippen LogP contribution in [0.1, 0.15) is 30.7 Å². The maximum Gasteiger partial charge on any atom is 0.166 e. The monoisotopic (exact) mass is 376 g/mol. The van der Waals surface area contributed by atoms with Gasteiger partial charge in [-0.2, -0.15) is 5.10 Å². The topological polar surface area (TPSA) is 60.3 Å². The van der Waals surface area contributed by atoms with Crippen LogP contribution in [-0.2, 0) is 20.0 Å². The van der Waals surface area contributed by atoms with Crippen LogP contribution in [0.2, 0.25) is 0 Å². The summed E-state index contributed by atoms with van der Waals surface area (Å²) in [6.07, 6.45) is 2.85. The quantitative estimate of drug-likeness (QED) is 0.656. The Labute approximate surface area is 160 Å². The minimum absolute atomic E-state index is 0.615. The van der Waals surface area contributed by atoms with Gasteiger partial charge in [-0.05, 0) is 57.1 Å². The van der Waals surface area contributed by atoms with Gasteiger partial charge in [-0.1, -0.05) is 6.07 Å². The SMILES string of the molecule is CCOc1ccc(CCNC(=S)NCc2cn(C)nc2C)cc1OCC. The third-order valence-electron chi connectivity index (χ3n) is 3.86.